The Balaban J connectivity index is 2.13. The fraction of sp³-hybridized carbons (Fsp3) is 0.857. The molecule has 2 aliphatic rings. The molecule has 62 valence electrons. The topological polar surface area (TPSA) is 48.4 Å². The maximum Gasteiger partial charge on any atom is 0.110 e. The molecule has 2 N–H and O–H groups in total. The van der Waals surface area contributed by atoms with Crippen LogP contribution in [0.4, 0.5) is 0 Å². The van der Waals surface area contributed by atoms with Crippen molar-refractivity contribution in [1.82, 2.24) is 10.2 Å². The van der Waals surface area contributed by atoms with Gasteiger partial charge in [-0.2, -0.15) is 0 Å². The summed E-state index contributed by atoms with van der Waals surface area (Å²) in [5.74, 6) is 0.666. The van der Waals surface area contributed by atoms with E-state index < -0.39 is 0 Å². The lowest BCUT2D eigenvalue weighted by atomic mass is 9.93. The van der Waals surface area contributed by atoms with Crippen LogP contribution in [0.2, 0.25) is 0 Å². The van der Waals surface area contributed by atoms with Gasteiger partial charge in [0.25, 0.3) is 0 Å². The van der Waals surface area contributed by atoms with E-state index in [1.165, 1.54) is 0 Å². The number of ether oxygens (including phenoxy) is 1. The van der Waals surface area contributed by atoms with Crippen LogP contribution in [0.25, 0.3) is 0 Å². The van der Waals surface area contributed by atoms with Crippen LogP contribution in [0, 0.1) is 5.41 Å². The quantitative estimate of drug-likeness (QED) is 0.485. The lowest BCUT2D eigenvalue weighted by Gasteiger charge is -2.51. The van der Waals surface area contributed by atoms with Crippen LogP contribution in [0.15, 0.2) is 0 Å². The van der Waals surface area contributed by atoms with Gasteiger partial charge in [0.05, 0.1) is 25.3 Å². The Morgan fingerprint density at radius 3 is 2.82 bits per heavy atom. The Kier molecular flexibility index (Phi) is 1.40. The SMILES string of the molecule is CN1C(=N)CNCC12COC2. The van der Waals surface area contributed by atoms with Crippen molar-refractivity contribution < 1.29 is 4.74 Å². The molecule has 0 saturated carbocycles. The number of nitrogens with one attached hydrogen (secondary N) is 2. The second-order valence-corrected chi connectivity index (χ2v) is 3.33. The number of piperazine rings is 1. The van der Waals surface area contributed by atoms with Gasteiger partial charge in [-0.25, -0.2) is 0 Å². The highest BCUT2D eigenvalue weighted by atomic mass is 16.5. The third kappa shape index (κ3) is 0.862. The molecule has 0 aromatic carbocycles. The fourth-order valence-electron chi connectivity index (χ4n) is 1.57. The monoisotopic (exact) mass is 155 g/mol. The molecule has 0 aromatic rings. The molecule has 0 aliphatic carbocycles. The van der Waals surface area contributed by atoms with E-state index in [0.29, 0.717) is 12.4 Å². The zero-order valence-corrected chi connectivity index (χ0v) is 6.68. The van der Waals surface area contributed by atoms with Crippen molar-refractivity contribution in [1.29, 1.82) is 5.41 Å². The smallest absolute Gasteiger partial charge is 0.110 e. The van der Waals surface area contributed by atoms with Crippen LogP contribution < -0.4 is 5.32 Å². The zero-order valence-electron chi connectivity index (χ0n) is 6.68. The van der Waals surface area contributed by atoms with Gasteiger partial charge in [0, 0.05) is 13.6 Å². The molecule has 2 saturated heterocycles. The molecule has 2 heterocycles. The molecular weight excluding hydrogens is 142 g/mol. The minimum atomic E-state index is 0.106. The molecule has 0 atom stereocenters. The van der Waals surface area contributed by atoms with E-state index in [-0.39, 0.29) is 5.54 Å². The van der Waals surface area contributed by atoms with Crippen LogP contribution in [0.5, 0.6) is 0 Å². The molecule has 2 aliphatic heterocycles. The van der Waals surface area contributed by atoms with Gasteiger partial charge in [-0.3, -0.25) is 5.41 Å². The second kappa shape index (κ2) is 2.19. The molecule has 0 amide bonds. The second-order valence-electron chi connectivity index (χ2n) is 3.33. The van der Waals surface area contributed by atoms with Crippen molar-refractivity contribution in [3.8, 4) is 0 Å². The van der Waals surface area contributed by atoms with Gasteiger partial charge >= 0.3 is 0 Å². The molecule has 1 spiro atoms. The lowest BCUT2D eigenvalue weighted by molar-refractivity contribution is -0.113. The largest absolute Gasteiger partial charge is 0.376 e. The van der Waals surface area contributed by atoms with Gasteiger partial charge in [0.1, 0.15) is 5.84 Å². The lowest BCUT2D eigenvalue weighted by Crippen LogP contribution is -2.71. The third-order valence-corrected chi connectivity index (χ3v) is 2.60. The van der Waals surface area contributed by atoms with Crippen molar-refractivity contribution in [2.75, 3.05) is 33.4 Å². The first-order valence-corrected chi connectivity index (χ1v) is 3.84. The van der Waals surface area contributed by atoms with Crippen molar-refractivity contribution in [3.63, 3.8) is 0 Å². The van der Waals surface area contributed by atoms with Crippen molar-refractivity contribution in [3.05, 3.63) is 0 Å². The summed E-state index contributed by atoms with van der Waals surface area (Å²) in [5, 5.41) is 10.8. The van der Waals surface area contributed by atoms with E-state index in [2.05, 4.69) is 5.32 Å². The van der Waals surface area contributed by atoms with Crippen LogP contribution >= 0.6 is 0 Å². The maximum absolute atomic E-state index is 7.60. The van der Waals surface area contributed by atoms with Crippen molar-refractivity contribution >= 4 is 5.84 Å². The van der Waals surface area contributed by atoms with Crippen LogP contribution in [-0.2, 0) is 4.74 Å². The molecule has 0 bridgehead atoms. The summed E-state index contributed by atoms with van der Waals surface area (Å²) in [7, 11) is 1.98. The standard InChI is InChI=1S/C7H13N3O/c1-10-6(8)2-9-3-7(10)4-11-5-7/h8-9H,2-5H2,1H3. The third-order valence-electron chi connectivity index (χ3n) is 2.60. The van der Waals surface area contributed by atoms with Crippen LogP contribution in [0.3, 0.4) is 0 Å². The molecule has 0 unspecified atom stereocenters. The number of nitrogens with zero attached hydrogens (tertiary/aromatic N) is 1. The minimum Gasteiger partial charge on any atom is -0.376 e. The molecule has 11 heavy (non-hydrogen) atoms. The summed E-state index contributed by atoms with van der Waals surface area (Å²) in [6.45, 7) is 3.17. The molecular formula is C7H13N3O. The van der Waals surface area contributed by atoms with E-state index in [1.54, 1.807) is 0 Å². The highest BCUT2D eigenvalue weighted by Gasteiger charge is 2.45. The van der Waals surface area contributed by atoms with E-state index in [0.717, 1.165) is 19.8 Å². The van der Waals surface area contributed by atoms with Gasteiger partial charge in [-0.15, -0.1) is 0 Å². The Hall–Kier alpha value is -0.610. The van der Waals surface area contributed by atoms with Gasteiger partial charge in [0.2, 0.25) is 0 Å². The maximum atomic E-state index is 7.60. The number of rotatable bonds is 0. The van der Waals surface area contributed by atoms with E-state index in [4.69, 9.17) is 10.1 Å². The zero-order chi connectivity index (χ0) is 7.90. The van der Waals surface area contributed by atoms with Gasteiger partial charge in [-0.1, -0.05) is 0 Å². The summed E-state index contributed by atoms with van der Waals surface area (Å²) >= 11 is 0. The molecule has 4 nitrogen and oxygen atoms in total. The Bertz CT molecular complexity index is 188. The number of likely N-dealkylation sites (N-methyl/N-ethyl adjacent to an activating group) is 1. The normalized spacial score (nSPS) is 28.8. The molecule has 0 aromatic heterocycles. The molecule has 4 heteroatoms. The summed E-state index contributed by atoms with van der Waals surface area (Å²) in [4.78, 5) is 2.03. The first-order chi connectivity index (χ1) is 5.25. The molecule has 2 rings (SSSR count). The summed E-state index contributed by atoms with van der Waals surface area (Å²) in [5.41, 5.74) is 0.106. The van der Waals surface area contributed by atoms with Gasteiger partial charge in [0.15, 0.2) is 0 Å². The van der Waals surface area contributed by atoms with Gasteiger partial charge < -0.3 is 15.0 Å². The first kappa shape index (κ1) is 7.06. The number of hydrogen-bond acceptors (Lipinski definition) is 3. The number of hydrogen-bond donors (Lipinski definition) is 2. The molecule has 0 radical (unpaired) electrons. The fourth-order valence-corrected chi connectivity index (χ4v) is 1.57. The Morgan fingerprint density at radius 1 is 1.64 bits per heavy atom. The van der Waals surface area contributed by atoms with E-state index in [1.807, 2.05) is 11.9 Å². The molecule has 2 fully saturated rings. The number of amidine groups is 1. The highest BCUT2D eigenvalue weighted by Crippen LogP contribution is 2.24. The average Bonchev–Trinajstić information content (AvgIpc) is 1.91. The van der Waals surface area contributed by atoms with Crippen molar-refractivity contribution in [2.45, 2.75) is 5.54 Å². The van der Waals surface area contributed by atoms with Crippen LogP contribution in [0.1, 0.15) is 0 Å². The summed E-state index contributed by atoms with van der Waals surface area (Å²) < 4.78 is 5.16. The predicted octanol–water partition coefficient (Wildman–Crippen LogP) is -0.732. The van der Waals surface area contributed by atoms with Gasteiger partial charge in [-0.05, 0) is 0 Å². The minimum absolute atomic E-state index is 0.106. The van der Waals surface area contributed by atoms with E-state index >= 15 is 0 Å². The Labute approximate surface area is 66.0 Å². The van der Waals surface area contributed by atoms with Crippen molar-refractivity contribution in [2.24, 2.45) is 0 Å². The first-order valence-electron chi connectivity index (χ1n) is 3.84. The Morgan fingerprint density at radius 2 is 2.36 bits per heavy atom. The summed E-state index contributed by atoms with van der Waals surface area (Å²) in [6.07, 6.45) is 0. The highest BCUT2D eigenvalue weighted by molar-refractivity contribution is 5.82. The predicted molar refractivity (Wildman–Crippen MR) is 41.9 cm³/mol. The summed E-state index contributed by atoms with van der Waals surface area (Å²) in [6, 6.07) is 0. The van der Waals surface area contributed by atoms with Crippen LogP contribution in [-0.4, -0.2) is 49.6 Å². The van der Waals surface area contributed by atoms with E-state index in [9.17, 15) is 0 Å². The average molecular weight is 155 g/mol.